The molecule has 3 aliphatic rings. The summed E-state index contributed by atoms with van der Waals surface area (Å²) in [4.78, 5) is 19.4. The Balaban J connectivity index is 1.10. The predicted molar refractivity (Wildman–Crippen MR) is 179 cm³/mol. The van der Waals surface area contributed by atoms with E-state index in [1.54, 1.807) is 6.20 Å². The van der Waals surface area contributed by atoms with Crippen LogP contribution in [0.25, 0.3) is 11.0 Å². The molecule has 2 aromatic carbocycles. The van der Waals surface area contributed by atoms with Gasteiger partial charge >= 0.3 is 0 Å². The SMILES string of the molecule is CN1CCN(C2CCN(c3ccc(Nc4nc(Nc5cccc6c5N(S(C)(=O)=O)CC6)c5c(Cl)c[nH]c5n4)cc3F)CC2)CC1. The average Bonchev–Trinajstić information content (AvgIpc) is 3.63. The number of nitrogens with one attached hydrogen (secondary N) is 3. The van der Waals surface area contributed by atoms with E-state index in [0.29, 0.717) is 63.6 Å². The van der Waals surface area contributed by atoms with Crippen LogP contribution < -0.4 is 19.8 Å². The summed E-state index contributed by atoms with van der Waals surface area (Å²) in [5, 5.41) is 7.42. The third-order valence-corrected chi connectivity index (χ3v) is 10.6. The lowest BCUT2D eigenvalue weighted by Crippen LogP contribution is -2.52. The smallest absolute Gasteiger partial charge is 0.232 e. The van der Waals surface area contributed by atoms with Crippen molar-refractivity contribution in [1.29, 1.82) is 0 Å². The van der Waals surface area contributed by atoms with Gasteiger partial charge in [0.1, 0.15) is 17.3 Å². The normalized spacial score (nSPS) is 18.5. The lowest BCUT2D eigenvalue weighted by atomic mass is 10.0. The van der Waals surface area contributed by atoms with Gasteiger partial charge in [-0.15, -0.1) is 0 Å². The molecule has 0 saturated carbocycles. The Hall–Kier alpha value is -3.65. The van der Waals surface area contributed by atoms with E-state index in [4.69, 9.17) is 16.6 Å². The molecule has 3 N–H and O–H groups in total. The monoisotopic (exact) mass is 653 g/mol. The van der Waals surface area contributed by atoms with Gasteiger partial charge in [-0.3, -0.25) is 9.21 Å². The molecule has 4 aromatic rings. The Kier molecular flexibility index (Phi) is 7.96. The molecule has 238 valence electrons. The van der Waals surface area contributed by atoms with Crippen LogP contribution in [0.1, 0.15) is 18.4 Å². The summed E-state index contributed by atoms with van der Waals surface area (Å²) in [6, 6.07) is 11.3. The molecule has 0 bridgehead atoms. The summed E-state index contributed by atoms with van der Waals surface area (Å²) in [6.07, 6.45) is 5.49. The highest BCUT2D eigenvalue weighted by Crippen LogP contribution is 2.40. The van der Waals surface area contributed by atoms with Gasteiger partial charge in [0, 0.05) is 63.7 Å². The van der Waals surface area contributed by atoms with Crippen molar-refractivity contribution in [2.45, 2.75) is 25.3 Å². The molecule has 45 heavy (non-hydrogen) atoms. The summed E-state index contributed by atoms with van der Waals surface area (Å²) < 4.78 is 41.9. The maximum atomic E-state index is 15.5. The number of nitrogens with zero attached hydrogens (tertiary/aromatic N) is 6. The van der Waals surface area contributed by atoms with Gasteiger partial charge in [-0.1, -0.05) is 23.7 Å². The van der Waals surface area contributed by atoms with Crippen molar-refractivity contribution in [3.8, 4) is 0 Å². The molecular weight excluding hydrogens is 617 g/mol. The Labute approximate surface area is 267 Å². The number of hydrogen-bond donors (Lipinski definition) is 3. The second-order valence-corrected chi connectivity index (χ2v) is 14.4. The van der Waals surface area contributed by atoms with E-state index < -0.39 is 10.0 Å². The summed E-state index contributed by atoms with van der Waals surface area (Å²) >= 11 is 6.51. The van der Waals surface area contributed by atoms with Gasteiger partial charge in [0.15, 0.2) is 0 Å². The fourth-order valence-corrected chi connectivity index (χ4v) is 7.96. The minimum absolute atomic E-state index is 0.233. The van der Waals surface area contributed by atoms with Gasteiger partial charge in [-0.2, -0.15) is 9.97 Å². The second-order valence-electron chi connectivity index (χ2n) is 12.1. The Morgan fingerprint density at radius 3 is 2.51 bits per heavy atom. The largest absolute Gasteiger partial charge is 0.369 e. The van der Waals surface area contributed by atoms with Crippen LogP contribution in [0.5, 0.6) is 0 Å². The Bertz CT molecular complexity index is 1840. The van der Waals surface area contributed by atoms with Gasteiger partial charge in [0.05, 0.1) is 33.7 Å². The van der Waals surface area contributed by atoms with E-state index in [9.17, 15) is 8.42 Å². The lowest BCUT2D eigenvalue weighted by molar-refractivity contribution is 0.0981. The summed E-state index contributed by atoms with van der Waals surface area (Å²) in [5.74, 6) is 0.320. The van der Waals surface area contributed by atoms with Crippen molar-refractivity contribution in [3.63, 3.8) is 0 Å². The topological polar surface area (TPSA) is 113 Å². The van der Waals surface area contributed by atoms with E-state index in [1.165, 1.54) is 16.6 Å². The van der Waals surface area contributed by atoms with Crippen molar-refractivity contribution in [3.05, 3.63) is 59.0 Å². The number of para-hydroxylation sites is 1. The third kappa shape index (κ3) is 6.01. The second kappa shape index (κ2) is 11.9. The summed E-state index contributed by atoms with van der Waals surface area (Å²) in [7, 11) is -1.30. The molecular formula is C31H37ClFN9O2S. The minimum atomic E-state index is -3.47. The molecule has 0 unspecified atom stereocenters. The molecule has 7 rings (SSSR count). The maximum absolute atomic E-state index is 15.5. The van der Waals surface area contributed by atoms with Gasteiger partial charge in [0.2, 0.25) is 16.0 Å². The third-order valence-electron chi connectivity index (χ3n) is 9.15. The number of likely N-dealkylation sites (N-methyl/N-ethyl adjacent to an activating group) is 1. The van der Waals surface area contributed by atoms with Crippen LogP contribution in [-0.4, -0.2) is 98.3 Å². The first-order chi connectivity index (χ1) is 21.6. The zero-order valence-corrected chi connectivity index (χ0v) is 26.9. The van der Waals surface area contributed by atoms with Gasteiger partial charge < -0.3 is 25.4 Å². The summed E-state index contributed by atoms with van der Waals surface area (Å²) in [6.45, 7) is 6.42. The van der Waals surface area contributed by atoms with Crippen molar-refractivity contribution >= 4 is 67.2 Å². The minimum Gasteiger partial charge on any atom is -0.369 e. The first-order valence-corrected chi connectivity index (χ1v) is 17.5. The van der Waals surface area contributed by atoms with Crippen molar-refractivity contribution in [1.82, 2.24) is 24.8 Å². The number of piperidine rings is 1. The number of sulfonamides is 1. The van der Waals surface area contributed by atoms with Crippen molar-refractivity contribution in [2.24, 2.45) is 0 Å². The molecule has 3 aliphatic heterocycles. The molecule has 0 aliphatic carbocycles. The first kappa shape index (κ1) is 30.0. The zero-order chi connectivity index (χ0) is 31.3. The highest BCUT2D eigenvalue weighted by molar-refractivity contribution is 7.92. The maximum Gasteiger partial charge on any atom is 0.232 e. The molecule has 11 nitrogen and oxygen atoms in total. The van der Waals surface area contributed by atoms with Crippen LogP contribution in [0.4, 0.5) is 38.9 Å². The number of H-pyrrole nitrogens is 1. The number of piperazine rings is 1. The first-order valence-electron chi connectivity index (χ1n) is 15.3. The fraction of sp³-hybridized carbons (Fsp3) is 0.419. The van der Waals surface area contributed by atoms with Crippen molar-refractivity contribution in [2.75, 3.05) is 79.0 Å². The molecule has 0 spiro atoms. The van der Waals surface area contributed by atoms with Crippen molar-refractivity contribution < 1.29 is 12.8 Å². The molecule has 0 radical (unpaired) electrons. The predicted octanol–water partition coefficient (Wildman–Crippen LogP) is 4.78. The van der Waals surface area contributed by atoms with E-state index in [1.807, 2.05) is 30.3 Å². The molecule has 2 saturated heterocycles. The molecule has 14 heteroatoms. The number of aromatic nitrogens is 3. The number of aromatic amines is 1. The number of halogens is 2. The van der Waals surface area contributed by atoms with Crippen LogP contribution >= 0.6 is 11.6 Å². The van der Waals surface area contributed by atoms with E-state index >= 15 is 4.39 Å². The molecule has 2 fully saturated rings. The van der Waals surface area contributed by atoms with Crippen LogP contribution in [0.15, 0.2) is 42.6 Å². The van der Waals surface area contributed by atoms with Crippen LogP contribution in [0, 0.1) is 5.82 Å². The molecule has 5 heterocycles. The van der Waals surface area contributed by atoms with Gasteiger partial charge in [-0.05, 0) is 56.1 Å². The van der Waals surface area contributed by atoms with E-state index in [-0.39, 0.29) is 11.8 Å². The standard InChI is InChI=1S/C31H37ClFN9O2S/c1-39-14-16-40(17-15-39)22-9-11-41(12-10-22)26-7-6-21(18-24(26)33)35-31-37-29-27(23(32)19-34-29)30(38-31)36-25-5-3-4-20-8-13-42(28(20)25)45(2,43)44/h3-7,18-19,22H,8-17H2,1-2H3,(H3,34,35,36,37,38). The van der Waals surface area contributed by atoms with E-state index in [0.717, 1.165) is 57.7 Å². The highest BCUT2D eigenvalue weighted by atomic mass is 35.5. The summed E-state index contributed by atoms with van der Waals surface area (Å²) in [5.41, 5.74) is 3.70. The molecule has 2 aromatic heterocycles. The Morgan fingerprint density at radius 1 is 1.00 bits per heavy atom. The average molecular weight is 654 g/mol. The highest BCUT2D eigenvalue weighted by Gasteiger charge is 2.30. The number of benzene rings is 2. The van der Waals surface area contributed by atoms with Crippen LogP contribution in [0.2, 0.25) is 5.02 Å². The quantitative estimate of drug-likeness (QED) is 0.260. The van der Waals surface area contributed by atoms with E-state index in [2.05, 4.69) is 42.3 Å². The lowest BCUT2D eigenvalue weighted by Gasteiger charge is -2.42. The van der Waals surface area contributed by atoms with Crippen LogP contribution in [-0.2, 0) is 16.4 Å². The molecule has 0 atom stereocenters. The zero-order valence-electron chi connectivity index (χ0n) is 25.4. The Morgan fingerprint density at radius 2 is 1.78 bits per heavy atom. The van der Waals surface area contributed by atoms with Gasteiger partial charge in [-0.25, -0.2) is 12.8 Å². The van der Waals surface area contributed by atoms with Crippen LogP contribution in [0.3, 0.4) is 0 Å². The van der Waals surface area contributed by atoms with Gasteiger partial charge in [0.25, 0.3) is 0 Å². The number of anilines is 6. The molecule has 0 amide bonds. The number of fused-ring (bicyclic) bond motifs is 2. The number of hydrogen-bond acceptors (Lipinski definition) is 9. The fourth-order valence-electron chi connectivity index (χ4n) is 6.75. The number of rotatable bonds is 7.